The first-order valence-electron chi connectivity index (χ1n) is 5.34. The number of fused-ring (bicyclic) bond motifs is 1. The summed E-state index contributed by atoms with van der Waals surface area (Å²) in [5, 5.41) is 1.27. The van der Waals surface area contributed by atoms with Crippen LogP contribution in [0, 0.1) is 5.92 Å². The van der Waals surface area contributed by atoms with Crippen LogP contribution < -0.4 is 0 Å². The lowest BCUT2D eigenvalue weighted by Crippen LogP contribution is -1.93. The predicted octanol–water partition coefficient (Wildman–Crippen LogP) is 2.86. The second kappa shape index (κ2) is 2.96. The number of ketones is 1. The average Bonchev–Trinajstić information content (AvgIpc) is 2.92. The van der Waals surface area contributed by atoms with Crippen LogP contribution in [0.4, 0.5) is 0 Å². The quantitative estimate of drug-likeness (QED) is 0.792. The summed E-state index contributed by atoms with van der Waals surface area (Å²) in [5.74, 6) is 1.05. The third-order valence-corrected chi connectivity index (χ3v) is 3.33. The van der Waals surface area contributed by atoms with Crippen molar-refractivity contribution >= 4 is 16.7 Å². The first-order chi connectivity index (χ1) is 7.27. The van der Waals surface area contributed by atoms with E-state index < -0.39 is 0 Å². The summed E-state index contributed by atoms with van der Waals surface area (Å²) >= 11 is 0. The standard InChI is InChI=1S/C13H13NO/c1-8(15)10-6-11(10)12-7-14-13-5-3-2-4-9(12)13/h2-5,7,10-11,14H,6H2,1H3. The first-order valence-corrected chi connectivity index (χ1v) is 5.34. The molecule has 2 unspecified atom stereocenters. The largest absolute Gasteiger partial charge is 0.361 e. The summed E-state index contributed by atoms with van der Waals surface area (Å²) in [5.41, 5.74) is 2.48. The third-order valence-electron chi connectivity index (χ3n) is 3.33. The fraction of sp³-hybridized carbons (Fsp3) is 0.308. The highest BCUT2D eigenvalue weighted by Crippen LogP contribution is 2.49. The number of nitrogens with one attached hydrogen (secondary N) is 1. The number of carbonyl (C=O) groups excluding carboxylic acids is 1. The van der Waals surface area contributed by atoms with Crippen LogP contribution in [-0.4, -0.2) is 10.8 Å². The van der Waals surface area contributed by atoms with Crippen LogP contribution in [0.25, 0.3) is 10.9 Å². The summed E-state index contributed by atoms with van der Waals surface area (Å²) in [6, 6.07) is 8.27. The van der Waals surface area contributed by atoms with Crippen LogP contribution in [0.1, 0.15) is 24.8 Å². The van der Waals surface area contributed by atoms with Crippen molar-refractivity contribution in [3.8, 4) is 0 Å². The molecule has 2 atom stereocenters. The molecule has 2 heteroatoms. The van der Waals surface area contributed by atoms with Crippen LogP contribution in [-0.2, 0) is 4.79 Å². The van der Waals surface area contributed by atoms with Crippen LogP contribution >= 0.6 is 0 Å². The number of H-pyrrole nitrogens is 1. The molecule has 1 fully saturated rings. The number of hydrogen-bond donors (Lipinski definition) is 1. The van der Waals surface area contributed by atoms with E-state index in [1.807, 2.05) is 12.1 Å². The minimum Gasteiger partial charge on any atom is -0.361 e. The van der Waals surface area contributed by atoms with E-state index in [2.05, 4.69) is 23.3 Å². The molecule has 15 heavy (non-hydrogen) atoms. The van der Waals surface area contributed by atoms with Crippen LogP contribution in [0.2, 0.25) is 0 Å². The Kier molecular flexibility index (Phi) is 1.72. The van der Waals surface area contributed by atoms with Gasteiger partial charge in [-0.05, 0) is 30.9 Å². The van der Waals surface area contributed by atoms with Gasteiger partial charge in [0.1, 0.15) is 5.78 Å². The van der Waals surface area contributed by atoms with Gasteiger partial charge in [-0.2, -0.15) is 0 Å². The van der Waals surface area contributed by atoms with Crippen molar-refractivity contribution < 1.29 is 4.79 Å². The van der Waals surface area contributed by atoms with Gasteiger partial charge >= 0.3 is 0 Å². The Balaban J connectivity index is 2.03. The Hall–Kier alpha value is -1.57. The number of para-hydroxylation sites is 1. The molecule has 0 spiro atoms. The number of benzene rings is 1. The molecule has 1 saturated carbocycles. The van der Waals surface area contributed by atoms with Gasteiger partial charge in [0, 0.05) is 23.0 Å². The highest BCUT2D eigenvalue weighted by atomic mass is 16.1. The second-order valence-corrected chi connectivity index (χ2v) is 4.35. The number of Topliss-reactive ketones (excluding diaryl/α,β-unsaturated/α-hetero) is 1. The summed E-state index contributed by atoms with van der Waals surface area (Å²) in [6.07, 6.45) is 3.08. The van der Waals surface area contributed by atoms with Crippen molar-refractivity contribution in [2.24, 2.45) is 5.92 Å². The van der Waals surface area contributed by atoms with E-state index >= 15 is 0 Å². The monoisotopic (exact) mass is 199 g/mol. The summed E-state index contributed by atoms with van der Waals surface area (Å²) in [6.45, 7) is 1.69. The molecule has 2 nitrogen and oxygen atoms in total. The van der Waals surface area contributed by atoms with E-state index in [-0.39, 0.29) is 5.92 Å². The van der Waals surface area contributed by atoms with Crippen molar-refractivity contribution in [2.45, 2.75) is 19.3 Å². The van der Waals surface area contributed by atoms with Gasteiger partial charge in [-0.15, -0.1) is 0 Å². The molecule has 1 N–H and O–H groups in total. The number of aromatic nitrogens is 1. The maximum atomic E-state index is 11.2. The fourth-order valence-electron chi connectivity index (χ4n) is 2.39. The van der Waals surface area contributed by atoms with E-state index in [1.54, 1.807) is 6.92 Å². The Morgan fingerprint density at radius 3 is 2.93 bits per heavy atom. The van der Waals surface area contributed by atoms with Crippen LogP contribution in [0.3, 0.4) is 0 Å². The Bertz CT molecular complexity index is 526. The highest BCUT2D eigenvalue weighted by Gasteiger charge is 2.42. The average molecular weight is 199 g/mol. The van der Waals surface area contributed by atoms with E-state index in [9.17, 15) is 4.79 Å². The minimum atomic E-state index is 0.268. The normalized spacial score (nSPS) is 24.3. The van der Waals surface area contributed by atoms with Crippen molar-refractivity contribution in [2.75, 3.05) is 0 Å². The van der Waals surface area contributed by atoms with Gasteiger partial charge in [0.25, 0.3) is 0 Å². The topological polar surface area (TPSA) is 32.9 Å². The molecule has 1 aliphatic rings. The van der Waals surface area contributed by atoms with Gasteiger partial charge in [-0.3, -0.25) is 4.79 Å². The van der Waals surface area contributed by atoms with E-state index in [0.717, 1.165) is 6.42 Å². The van der Waals surface area contributed by atoms with Crippen molar-refractivity contribution in [3.05, 3.63) is 36.0 Å². The second-order valence-electron chi connectivity index (χ2n) is 4.35. The molecule has 0 saturated heterocycles. The zero-order valence-electron chi connectivity index (χ0n) is 8.66. The zero-order valence-corrected chi connectivity index (χ0v) is 8.66. The lowest BCUT2D eigenvalue weighted by molar-refractivity contribution is -0.118. The molecule has 0 amide bonds. The van der Waals surface area contributed by atoms with Gasteiger partial charge < -0.3 is 4.98 Å². The Morgan fingerprint density at radius 1 is 1.40 bits per heavy atom. The van der Waals surface area contributed by atoms with E-state index in [0.29, 0.717) is 11.7 Å². The van der Waals surface area contributed by atoms with Gasteiger partial charge in [0.05, 0.1) is 0 Å². The van der Waals surface area contributed by atoms with Gasteiger partial charge in [0.2, 0.25) is 0 Å². The maximum Gasteiger partial charge on any atom is 0.133 e. The van der Waals surface area contributed by atoms with Crippen molar-refractivity contribution in [1.82, 2.24) is 4.98 Å². The molecule has 1 aliphatic carbocycles. The van der Waals surface area contributed by atoms with E-state index in [1.165, 1.54) is 16.5 Å². The Labute approximate surface area is 88.3 Å². The maximum absolute atomic E-state index is 11.2. The number of rotatable bonds is 2. The molecule has 1 heterocycles. The molecule has 0 aliphatic heterocycles. The molecule has 1 aromatic heterocycles. The van der Waals surface area contributed by atoms with Gasteiger partial charge in [0.15, 0.2) is 0 Å². The number of carbonyl (C=O) groups is 1. The molecule has 1 aromatic carbocycles. The van der Waals surface area contributed by atoms with Crippen molar-refractivity contribution in [3.63, 3.8) is 0 Å². The molecular formula is C13H13NO. The fourth-order valence-corrected chi connectivity index (χ4v) is 2.39. The summed E-state index contributed by atoms with van der Waals surface area (Å²) < 4.78 is 0. The lowest BCUT2D eigenvalue weighted by atomic mass is 10.1. The summed E-state index contributed by atoms with van der Waals surface area (Å²) in [7, 11) is 0. The van der Waals surface area contributed by atoms with Crippen LogP contribution in [0.15, 0.2) is 30.5 Å². The molecule has 76 valence electrons. The first kappa shape index (κ1) is 8.72. The molecule has 3 rings (SSSR count). The summed E-state index contributed by atoms with van der Waals surface area (Å²) in [4.78, 5) is 14.5. The van der Waals surface area contributed by atoms with Crippen molar-refractivity contribution in [1.29, 1.82) is 0 Å². The van der Waals surface area contributed by atoms with E-state index in [4.69, 9.17) is 0 Å². The lowest BCUT2D eigenvalue weighted by Gasteiger charge is -1.95. The molecule has 2 aromatic rings. The minimum absolute atomic E-state index is 0.268. The number of hydrogen-bond acceptors (Lipinski definition) is 1. The highest BCUT2D eigenvalue weighted by molar-refractivity contribution is 5.88. The predicted molar refractivity (Wildman–Crippen MR) is 59.8 cm³/mol. The van der Waals surface area contributed by atoms with Crippen LogP contribution in [0.5, 0.6) is 0 Å². The molecular weight excluding hydrogens is 186 g/mol. The van der Waals surface area contributed by atoms with Gasteiger partial charge in [-0.1, -0.05) is 18.2 Å². The molecule has 0 bridgehead atoms. The molecule has 0 radical (unpaired) electrons. The number of aromatic amines is 1. The third kappa shape index (κ3) is 1.29. The SMILES string of the molecule is CC(=O)C1CC1c1c[nH]c2ccccc12. The van der Waals surface area contributed by atoms with Gasteiger partial charge in [-0.25, -0.2) is 0 Å². The smallest absolute Gasteiger partial charge is 0.133 e. The zero-order chi connectivity index (χ0) is 10.4. The Morgan fingerprint density at radius 2 is 2.20 bits per heavy atom.